The van der Waals surface area contributed by atoms with Gasteiger partial charge in [-0.25, -0.2) is 0 Å². The Morgan fingerprint density at radius 3 is 2.03 bits per heavy atom. The molecule has 0 atom stereocenters. The minimum Gasteiger partial charge on any atom is -0.456 e. The van der Waals surface area contributed by atoms with Crippen molar-refractivity contribution in [1.82, 2.24) is 0 Å². The fourth-order valence-electron chi connectivity index (χ4n) is 5.38. The highest BCUT2D eigenvalue weighted by Crippen LogP contribution is 2.35. The van der Waals surface area contributed by atoms with Gasteiger partial charge < -0.3 is 10.5 Å². The molecule has 6 rings (SSSR count). The number of ether oxygens (including phenoxy) is 1. The van der Waals surface area contributed by atoms with E-state index >= 15 is 0 Å². The van der Waals surface area contributed by atoms with Gasteiger partial charge in [-0.05, 0) is 93.2 Å². The summed E-state index contributed by atoms with van der Waals surface area (Å²) in [5.74, 6) is 1.71. The van der Waals surface area contributed by atoms with Crippen LogP contribution < -0.4 is 20.9 Å². The Morgan fingerprint density at radius 1 is 0.711 bits per heavy atom. The normalized spacial score (nSPS) is 12.7. The maximum atomic E-state index is 6.56. The van der Waals surface area contributed by atoms with Gasteiger partial charge in [0.25, 0.3) is 0 Å². The summed E-state index contributed by atoms with van der Waals surface area (Å²) in [6.07, 6.45) is 10.3. The Kier molecular flexibility index (Phi) is 7.02. The lowest BCUT2D eigenvalue weighted by atomic mass is 9.88. The van der Waals surface area contributed by atoms with E-state index in [0.717, 1.165) is 39.6 Å². The van der Waals surface area contributed by atoms with Crippen molar-refractivity contribution in [2.24, 2.45) is 5.73 Å². The standard InChI is InChI=1S/C35H28INO/c36-23-33-32(19-20-37)35(38-29-11-5-2-6-12-29)31-14-8-7-13-30(31)34(33)28-18-17-26-21-25(15-16-27(26)22-28)24-9-3-1-4-10-24/h1-6,9-22H,7-8,23,37H2/b20-19-. The summed E-state index contributed by atoms with van der Waals surface area (Å²) in [5.41, 5.74) is 13.2. The molecule has 0 spiro atoms. The van der Waals surface area contributed by atoms with E-state index in [1.165, 1.54) is 43.8 Å². The topological polar surface area (TPSA) is 35.2 Å². The van der Waals surface area contributed by atoms with Gasteiger partial charge in [0.1, 0.15) is 11.5 Å². The zero-order valence-electron chi connectivity index (χ0n) is 21.0. The van der Waals surface area contributed by atoms with Gasteiger partial charge in [0.15, 0.2) is 0 Å². The molecule has 0 saturated carbocycles. The molecule has 5 aromatic carbocycles. The van der Waals surface area contributed by atoms with E-state index in [0.29, 0.717) is 0 Å². The summed E-state index contributed by atoms with van der Waals surface area (Å²) in [7, 11) is 0. The number of benzene rings is 5. The van der Waals surface area contributed by atoms with E-state index in [1.54, 1.807) is 6.20 Å². The number of alkyl halides is 1. The highest BCUT2D eigenvalue weighted by atomic mass is 127. The second-order valence-electron chi connectivity index (χ2n) is 9.46. The SMILES string of the molecule is N/C=C\c1c(CI)c(-c2ccc3cc(-c4ccccc4)ccc3c2)c2c(c1Oc1ccccc1)=CCCC=2. The van der Waals surface area contributed by atoms with Gasteiger partial charge >= 0.3 is 0 Å². The molecule has 1 aliphatic carbocycles. The van der Waals surface area contributed by atoms with Crippen molar-refractivity contribution >= 4 is 51.6 Å². The highest BCUT2D eigenvalue weighted by Gasteiger charge is 2.20. The minimum atomic E-state index is 0.826. The first-order chi connectivity index (χ1) is 18.8. The first kappa shape index (κ1) is 24.5. The largest absolute Gasteiger partial charge is 0.456 e. The fraction of sp³-hybridized carbons (Fsp3) is 0.0857. The maximum absolute atomic E-state index is 6.56. The summed E-state index contributed by atoms with van der Waals surface area (Å²) in [6, 6.07) is 34.1. The van der Waals surface area contributed by atoms with Crippen molar-refractivity contribution in [2.45, 2.75) is 17.3 Å². The van der Waals surface area contributed by atoms with E-state index in [4.69, 9.17) is 10.5 Å². The van der Waals surface area contributed by atoms with E-state index in [9.17, 15) is 0 Å². The van der Waals surface area contributed by atoms with Crippen molar-refractivity contribution in [2.75, 3.05) is 0 Å². The fourth-order valence-corrected chi connectivity index (χ4v) is 6.17. The molecule has 2 nitrogen and oxygen atoms in total. The number of hydrogen-bond donors (Lipinski definition) is 1. The Morgan fingerprint density at radius 2 is 1.34 bits per heavy atom. The zero-order chi connectivity index (χ0) is 25.9. The molecular formula is C35H28INO. The lowest BCUT2D eigenvalue weighted by Gasteiger charge is -2.21. The van der Waals surface area contributed by atoms with Gasteiger partial charge in [0.05, 0.1) is 0 Å². The third-order valence-electron chi connectivity index (χ3n) is 7.13. The minimum absolute atomic E-state index is 0.826. The molecule has 0 aromatic heterocycles. The van der Waals surface area contributed by atoms with E-state index in [2.05, 4.69) is 101 Å². The molecular weight excluding hydrogens is 577 g/mol. The first-order valence-electron chi connectivity index (χ1n) is 12.9. The number of nitrogens with two attached hydrogens (primary N) is 1. The van der Waals surface area contributed by atoms with Crippen LogP contribution in [0.4, 0.5) is 0 Å². The van der Waals surface area contributed by atoms with E-state index < -0.39 is 0 Å². The number of rotatable bonds is 6. The molecule has 0 heterocycles. The summed E-state index contributed by atoms with van der Waals surface area (Å²) in [6.45, 7) is 0. The quantitative estimate of drug-likeness (QED) is 0.157. The van der Waals surface area contributed by atoms with Crippen molar-refractivity contribution in [3.63, 3.8) is 0 Å². The summed E-state index contributed by atoms with van der Waals surface area (Å²) in [5, 5.41) is 4.87. The molecule has 3 heteroatoms. The maximum Gasteiger partial charge on any atom is 0.142 e. The monoisotopic (exact) mass is 605 g/mol. The van der Waals surface area contributed by atoms with Crippen LogP contribution in [0.1, 0.15) is 24.0 Å². The van der Waals surface area contributed by atoms with Crippen LogP contribution in [0.25, 0.3) is 51.3 Å². The molecule has 0 bridgehead atoms. The number of para-hydroxylation sites is 1. The van der Waals surface area contributed by atoms with E-state index in [-0.39, 0.29) is 0 Å². The van der Waals surface area contributed by atoms with Gasteiger partial charge in [-0.15, -0.1) is 0 Å². The van der Waals surface area contributed by atoms with E-state index in [1.807, 2.05) is 36.4 Å². The predicted octanol–water partition coefficient (Wildman–Crippen LogP) is 8.19. The predicted molar refractivity (Wildman–Crippen MR) is 170 cm³/mol. The van der Waals surface area contributed by atoms with Crippen LogP contribution in [0.2, 0.25) is 0 Å². The third-order valence-corrected chi connectivity index (χ3v) is 7.90. The highest BCUT2D eigenvalue weighted by molar-refractivity contribution is 14.1. The van der Waals surface area contributed by atoms with Gasteiger partial charge in [-0.2, -0.15) is 0 Å². The molecule has 0 radical (unpaired) electrons. The smallest absolute Gasteiger partial charge is 0.142 e. The van der Waals surface area contributed by atoms with Crippen LogP contribution in [0, 0.1) is 0 Å². The molecule has 5 aromatic rings. The van der Waals surface area contributed by atoms with Crippen molar-refractivity contribution < 1.29 is 4.74 Å². The van der Waals surface area contributed by atoms with Crippen LogP contribution in [-0.2, 0) is 4.43 Å². The molecule has 0 saturated heterocycles. The Hall–Kier alpha value is -3.83. The van der Waals surface area contributed by atoms with Gasteiger partial charge in [0, 0.05) is 15.2 Å². The van der Waals surface area contributed by atoms with Crippen LogP contribution in [0.15, 0.2) is 103 Å². The number of fused-ring (bicyclic) bond motifs is 2. The van der Waals surface area contributed by atoms with Crippen LogP contribution >= 0.6 is 22.6 Å². The molecule has 0 aliphatic heterocycles. The van der Waals surface area contributed by atoms with Crippen molar-refractivity contribution in [3.05, 3.63) is 125 Å². The Bertz CT molecular complexity index is 1770. The lowest BCUT2D eigenvalue weighted by molar-refractivity contribution is 0.476. The molecule has 186 valence electrons. The van der Waals surface area contributed by atoms with Crippen LogP contribution in [0.3, 0.4) is 0 Å². The molecule has 0 fully saturated rings. The average molecular weight is 606 g/mol. The van der Waals surface area contributed by atoms with Crippen molar-refractivity contribution in [1.29, 1.82) is 0 Å². The lowest BCUT2D eigenvalue weighted by Crippen LogP contribution is -2.32. The molecule has 0 amide bonds. The summed E-state index contributed by atoms with van der Waals surface area (Å²) >= 11 is 2.47. The summed E-state index contributed by atoms with van der Waals surface area (Å²) < 4.78 is 7.40. The Labute approximate surface area is 236 Å². The molecule has 0 unspecified atom stereocenters. The Balaban J connectivity index is 1.56. The summed E-state index contributed by atoms with van der Waals surface area (Å²) in [4.78, 5) is 0. The van der Waals surface area contributed by atoms with Gasteiger partial charge in [-0.3, -0.25) is 0 Å². The van der Waals surface area contributed by atoms with Gasteiger partial charge in [0.2, 0.25) is 0 Å². The van der Waals surface area contributed by atoms with Crippen LogP contribution in [0.5, 0.6) is 11.5 Å². The first-order valence-corrected chi connectivity index (χ1v) is 14.5. The molecule has 2 N–H and O–H groups in total. The second-order valence-corrected chi connectivity index (χ2v) is 10.2. The molecule has 38 heavy (non-hydrogen) atoms. The second kappa shape index (κ2) is 10.9. The van der Waals surface area contributed by atoms with Gasteiger partial charge in [-0.1, -0.05) is 108 Å². The zero-order valence-corrected chi connectivity index (χ0v) is 23.2. The number of halogens is 1. The van der Waals surface area contributed by atoms with Crippen LogP contribution in [-0.4, -0.2) is 0 Å². The number of hydrogen-bond acceptors (Lipinski definition) is 2. The third kappa shape index (κ3) is 4.63. The molecule has 1 aliphatic rings. The average Bonchev–Trinajstić information content (AvgIpc) is 2.98. The van der Waals surface area contributed by atoms with Crippen molar-refractivity contribution in [3.8, 4) is 33.8 Å².